The zero-order chi connectivity index (χ0) is 14.4. The first-order chi connectivity index (χ1) is 9.76. The maximum absolute atomic E-state index is 10.1. The minimum Gasteiger partial charge on any atom is -0.493 e. The van der Waals surface area contributed by atoms with Crippen LogP contribution in [-0.2, 0) is 0 Å². The van der Waals surface area contributed by atoms with Gasteiger partial charge < -0.3 is 14.6 Å². The van der Waals surface area contributed by atoms with Gasteiger partial charge in [-0.2, -0.15) is 0 Å². The van der Waals surface area contributed by atoms with Gasteiger partial charge in [0.2, 0.25) is 0 Å². The molecule has 0 amide bonds. The Balaban J connectivity index is 2.23. The van der Waals surface area contributed by atoms with E-state index in [2.05, 4.69) is 4.98 Å². The molecule has 0 aliphatic rings. The van der Waals surface area contributed by atoms with Gasteiger partial charge >= 0.3 is 0 Å². The van der Waals surface area contributed by atoms with E-state index in [4.69, 9.17) is 9.47 Å². The Morgan fingerprint density at radius 2 is 1.95 bits per heavy atom. The lowest BCUT2D eigenvalue weighted by Gasteiger charge is -2.10. The standard InChI is InChI=1S/C16H17NO3/c1-19-15-8-5-6-12(16(15)20-2)9-10-14(18)13-7-3-4-11-17-13/h3-11,14,18H,1-2H3/b10-9+/t14-/m1/s1. The van der Waals surface area contributed by atoms with Gasteiger partial charge in [0, 0.05) is 11.8 Å². The summed E-state index contributed by atoms with van der Waals surface area (Å²) in [6.07, 6.45) is 4.35. The number of pyridine rings is 1. The van der Waals surface area contributed by atoms with Crippen LogP contribution in [0.1, 0.15) is 17.4 Å². The van der Waals surface area contributed by atoms with Gasteiger partial charge in [-0.15, -0.1) is 0 Å². The monoisotopic (exact) mass is 271 g/mol. The third-order valence-electron chi connectivity index (χ3n) is 2.88. The highest BCUT2D eigenvalue weighted by molar-refractivity contribution is 5.62. The predicted molar refractivity (Wildman–Crippen MR) is 77.8 cm³/mol. The molecule has 1 atom stereocenters. The Morgan fingerprint density at radius 3 is 2.60 bits per heavy atom. The van der Waals surface area contributed by atoms with E-state index in [9.17, 15) is 5.11 Å². The molecule has 1 aromatic heterocycles. The second-order valence-electron chi connectivity index (χ2n) is 4.14. The summed E-state index contributed by atoms with van der Waals surface area (Å²) in [5.74, 6) is 1.29. The van der Waals surface area contributed by atoms with Gasteiger partial charge in [0.05, 0.1) is 19.9 Å². The molecular formula is C16H17NO3. The number of hydrogen-bond acceptors (Lipinski definition) is 4. The SMILES string of the molecule is COc1cccc(/C=C/[C@@H](O)c2ccccn2)c1OC. The van der Waals surface area contributed by atoms with Crippen molar-refractivity contribution in [2.24, 2.45) is 0 Å². The van der Waals surface area contributed by atoms with Crippen LogP contribution in [0.5, 0.6) is 11.5 Å². The van der Waals surface area contributed by atoms with E-state index in [1.54, 1.807) is 38.6 Å². The Kier molecular flexibility index (Phi) is 4.74. The molecule has 4 heteroatoms. The van der Waals surface area contributed by atoms with Crippen LogP contribution in [0.4, 0.5) is 0 Å². The van der Waals surface area contributed by atoms with Gasteiger partial charge in [0.15, 0.2) is 11.5 Å². The summed E-state index contributed by atoms with van der Waals surface area (Å²) >= 11 is 0. The molecule has 1 N–H and O–H groups in total. The largest absolute Gasteiger partial charge is 0.493 e. The highest BCUT2D eigenvalue weighted by atomic mass is 16.5. The fourth-order valence-electron chi connectivity index (χ4n) is 1.89. The van der Waals surface area contributed by atoms with Crippen LogP contribution in [0, 0.1) is 0 Å². The molecule has 0 fully saturated rings. The van der Waals surface area contributed by atoms with Crippen LogP contribution in [0.15, 0.2) is 48.7 Å². The number of nitrogens with zero attached hydrogens (tertiary/aromatic N) is 1. The summed E-state index contributed by atoms with van der Waals surface area (Å²) < 4.78 is 10.6. The average molecular weight is 271 g/mol. The Bertz CT molecular complexity index is 582. The first-order valence-electron chi connectivity index (χ1n) is 6.24. The first-order valence-corrected chi connectivity index (χ1v) is 6.24. The van der Waals surface area contributed by atoms with Crippen molar-refractivity contribution in [3.05, 3.63) is 59.9 Å². The molecule has 0 saturated heterocycles. The second kappa shape index (κ2) is 6.73. The lowest BCUT2D eigenvalue weighted by molar-refractivity contribution is 0.224. The summed E-state index contributed by atoms with van der Waals surface area (Å²) in [6, 6.07) is 11.0. The summed E-state index contributed by atoms with van der Waals surface area (Å²) in [5, 5.41) is 10.1. The molecule has 2 rings (SSSR count). The van der Waals surface area contributed by atoms with E-state index < -0.39 is 6.10 Å². The van der Waals surface area contributed by atoms with Gasteiger partial charge in [-0.1, -0.05) is 24.3 Å². The van der Waals surface area contributed by atoms with E-state index in [1.807, 2.05) is 30.3 Å². The number of aromatic nitrogens is 1. The van der Waals surface area contributed by atoms with E-state index in [0.29, 0.717) is 17.2 Å². The highest BCUT2D eigenvalue weighted by Gasteiger charge is 2.08. The zero-order valence-corrected chi connectivity index (χ0v) is 11.5. The van der Waals surface area contributed by atoms with Gasteiger partial charge in [0.1, 0.15) is 6.10 Å². The summed E-state index contributed by atoms with van der Waals surface area (Å²) in [7, 11) is 3.18. The molecule has 4 nitrogen and oxygen atoms in total. The second-order valence-corrected chi connectivity index (χ2v) is 4.14. The van der Waals surface area contributed by atoms with E-state index in [-0.39, 0.29) is 0 Å². The first kappa shape index (κ1) is 14.1. The van der Waals surface area contributed by atoms with Crippen LogP contribution in [0.3, 0.4) is 0 Å². The maximum Gasteiger partial charge on any atom is 0.167 e. The quantitative estimate of drug-likeness (QED) is 0.908. The molecule has 0 bridgehead atoms. The van der Waals surface area contributed by atoms with Crippen molar-refractivity contribution in [3.8, 4) is 11.5 Å². The average Bonchev–Trinajstić information content (AvgIpc) is 2.52. The van der Waals surface area contributed by atoms with Gasteiger partial charge in [-0.05, 0) is 24.3 Å². The van der Waals surface area contributed by atoms with Gasteiger partial charge in [-0.3, -0.25) is 4.98 Å². The minimum atomic E-state index is -0.757. The van der Waals surface area contributed by atoms with Crippen molar-refractivity contribution in [1.29, 1.82) is 0 Å². The van der Waals surface area contributed by atoms with Crippen molar-refractivity contribution < 1.29 is 14.6 Å². The molecule has 1 heterocycles. The maximum atomic E-state index is 10.1. The Labute approximate surface area is 118 Å². The van der Waals surface area contributed by atoms with Crippen molar-refractivity contribution in [2.75, 3.05) is 14.2 Å². The van der Waals surface area contributed by atoms with Crippen LogP contribution in [0.25, 0.3) is 6.08 Å². The molecule has 0 aliphatic carbocycles. The third-order valence-corrected chi connectivity index (χ3v) is 2.88. The van der Waals surface area contributed by atoms with Gasteiger partial charge in [0.25, 0.3) is 0 Å². The number of methoxy groups -OCH3 is 2. The van der Waals surface area contributed by atoms with Crippen molar-refractivity contribution >= 4 is 6.08 Å². The van der Waals surface area contributed by atoms with E-state index in [1.165, 1.54) is 0 Å². The van der Waals surface area contributed by atoms with Crippen molar-refractivity contribution in [1.82, 2.24) is 4.98 Å². The smallest absolute Gasteiger partial charge is 0.167 e. The number of para-hydroxylation sites is 1. The van der Waals surface area contributed by atoms with Crippen LogP contribution in [-0.4, -0.2) is 24.3 Å². The third kappa shape index (κ3) is 3.16. The molecule has 2 aromatic rings. The number of hydrogen-bond donors (Lipinski definition) is 1. The number of rotatable bonds is 5. The Morgan fingerprint density at radius 1 is 1.10 bits per heavy atom. The molecule has 1 aromatic carbocycles. The van der Waals surface area contributed by atoms with Crippen LogP contribution < -0.4 is 9.47 Å². The normalized spacial score (nSPS) is 12.3. The molecule has 20 heavy (non-hydrogen) atoms. The lowest BCUT2D eigenvalue weighted by Crippen LogP contribution is -1.96. The molecule has 0 aliphatic heterocycles. The van der Waals surface area contributed by atoms with E-state index >= 15 is 0 Å². The van der Waals surface area contributed by atoms with Crippen LogP contribution >= 0.6 is 0 Å². The summed E-state index contributed by atoms with van der Waals surface area (Å²) in [5.41, 5.74) is 1.44. The number of ether oxygens (including phenoxy) is 2. The van der Waals surface area contributed by atoms with E-state index in [0.717, 1.165) is 5.56 Å². The lowest BCUT2D eigenvalue weighted by atomic mass is 10.1. The molecule has 0 spiro atoms. The number of benzene rings is 1. The van der Waals surface area contributed by atoms with Crippen LogP contribution in [0.2, 0.25) is 0 Å². The highest BCUT2D eigenvalue weighted by Crippen LogP contribution is 2.31. The number of aliphatic hydroxyl groups excluding tert-OH is 1. The Hall–Kier alpha value is -2.33. The predicted octanol–water partition coefficient (Wildman–Crippen LogP) is 2.85. The molecule has 104 valence electrons. The number of aliphatic hydroxyl groups is 1. The zero-order valence-electron chi connectivity index (χ0n) is 11.5. The minimum absolute atomic E-state index is 0.602. The summed E-state index contributed by atoms with van der Waals surface area (Å²) in [6.45, 7) is 0. The fourth-order valence-corrected chi connectivity index (χ4v) is 1.89. The molecule has 0 unspecified atom stereocenters. The molecule has 0 saturated carbocycles. The summed E-state index contributed by atoms with van der Waals surface area (Å²) in [4.78, 5) is 4.11. The topological polar surface area (TPSA) is 51.6 Å². The van der Waals surface area contributed by atoms with Crippen molar-refractivity contribution in [3.63, 3.8) is 0 Å². The molecular weight excluding hydrogens is 254 g/mol. The van der Waals surface area contributed by atoms with Crippen molar-refractivity contribution in [2.45, 2.75) is 6.10 Å². The molecule has 0 radical (unpaired) electrons. The van der Waals surface area contributed by atoms with Gasteiger partial charge in [-0.25, -0.2) is 0 Å². The fraction of sp³-hybridized carbons (Fsp3) is 0.188.